The van der Waals surface area contributed by atoms with Gasteiger partial charge in [0.15, 0.2) is 0 Å². The minimum atomic E-state index is -0.639. The molecular formula is C13H6N4O3. The zero-order chi connectivity index (χ0) is 14.5. The van der Waals surface area contributed by atoms with Gasteiger partial charge in [-0.3, -0.25) is 10.1 Å². The predicted molar refractivity (Wildman–Crippen MR) is 66.8 cm³/mol. The number of nitro benzene ring substituents is 1. The molecule has 1 aromatic heterocycles. The van der Waals surface area contributed by atoms with Crippen LogP contribution in [0.3, 0.4) is 0 Å². The molecule has 0 fully saturated rings. The Balaban J connectivity index is 2.35. The van der Waals surface area contributed by atoms with Crippen molar-refractivity contribution in [2.75, 3.05) is 0 Å². The Labute approximate surface area is 113 Å². The van der Waals surface area contributed by atoms with Gasteiger partial charge in [0.25, 0.3) is 0 Å². The van der Waals surface area contributed by atoms with Crippen LogP contribution in [0.25, 0.3) is 0 Å². The molecule has 0 spiro atoms. The number of nitriles is 2. The number of hydrogen-bond donors (Lipinski definition) is 0. The lowest BCUT2D eigenvalue weighted by Gasteiger charge is -2.05. The van der Waals surface area contributed by atoms with Crippen LogP contribution in [-0.4, -0.2) is 9.91 Å². The Kier molecular flexibility index (Phi) is 3.55. The minimum absolute atomic E-state index is 0.0220. The maximum absolute atomic E-state index is 10.9. The van der Waals surface area contributed by atoms with Crippen molar-refractivity contribution in [3.63, 3.8) is 0 Å². The van der Waals surface area contributed by atoms with E-state index in [0.717, 1.165) is 6.07 Å². The third kappa shape index (κ3) is 2.68. The van der Waals surface area contributed by atoms with Gasteiger partial charge in [0, 0.05) is 18.3 Å². The molecule has 7 heteroatoms. The van der Waals surface area contributed by atoms with E-state index in [-0.39, 0.29) is 22.9 Å². The Morgan fingerprint density at radius 1 is 1.15 bits per heavy atom. The maximum Gasteiger partial charge on any atom is 0.312 e. The first-order chi connectivity index (χ1) is 9.63. The lowest BCUT2D eigenvalue weighted by Crippen LogP contribution is -1.95. The SMILES string of the molecule is N#Cc1ccc(Oc2ccc(C#N)cc2[N+](=O)[O-])nc1. The van der Waals surface area contributed by atoms with E-state index in [1.807, 2.05) is 12.1 Å². The second-order valence-electron chi connectivity index (χ2n) is 3.65. The van der Waals surface area contributed by atoms with Crippen molar-refractivity contribution in [1.82, 2.24) is 4.98 Å². The van der Waals surface area contributed by atoms with Crippen LogP contribution in [0.1, 0.15) is 11.1 Å². The van der Waals surface area contributed by atoms with Gasteiger partial charge in [0.05, 0.1) is 22.1 Å². The van der Waals surface area contributed by atoms with E-state index in [2.05, 4.69) is 4.98 Å². The molecule has 2 aromatic rings. The maximum atomic E-state index is 10.9. The number of nitrogens with zero attached hydrogens (tertiary/aromatic N) is 4. The van der Waals surface area contributed by atoms with Gasteiger partial charge in [-0.05, 0) is 18.2 Å². The van der Waals surface area contributed by atoms with Gasteiger partial charge in [0.1, 0.15) is 6.07 Å². The van der Waals surface area contributed by atoms with E-state index in [1.54, 1.807) is 0 Å². The van der Waals surface area contributed by atoms with E-state index >= 15 is 0 Å². The van der Waals surface area contributed by atoms with Gasteiger partial charge in [-0.15, -0.1) is 0 Å². The van der Waals surface area contributed by atoms with E-state index in [9.17, 15) is 10.1 Å². The highest BCUT2D eigenvalue weighted by Gasteiger charge is 2.17. The molecule has 0 amide bonds. The molecule has 0 radical (unpaired) electrons. The summed E-state index contributed by atoms with van der Waals surface area (Å²) in [5.74, 6) is 0.100. The van der Waals surface area contributed by atoms with Crippen LogP contribution in [-0.2, 0) is 0 Å². The molecule has 1 aromatic carbocycles. The summed E-state index contributed by atoms with van der Waals surface area (Å²) in [6, 6.07) is 10.5. The largest absolute Gasteiger partial charge is 0.432 e. The van der Waals surface area contributed by atoms with Crippen molar-refractivity contribution in [3.05, 3.63) is 57.8 Å². The van der Waals surface area contributed by atoms with Gasteiger partial charge < -0.3 is 4.74 Å². The molecule has 0 aliphatic rings. The smallest absolute Gasteiger partial charge is 0.312 e. The van der Waals surface area contributed by atoms with Gasteiger partial charge in [-0.2, -0.15) is 10.5 Å². The quantitative estimate of drug-likeness (QED) is 0.623. The van der Waals surface area contributed by atoms with Crippen LogP contribution in [0, 0.1) is 32.8 Å². The van der Waals surface area contributed by atoms with Crippen molar-refractivity contribution in [2.45, 2.75) is 0 Å². The van der Waals surface area contributed by atoms with E-state index in [4.69, 9.17) is 15.3 Å². The van der Waals surface area contributed by atoms with Crippen LogP contribution >= 0.6 is 0 Å². The summed E-state index contributed by atoms with van der Waals surface area (Å²) in [6.45, 7) is 0. The van der Waals surface area contributed by atoms with Crippen LogP contribution < -0.4 is 4.74 Å². The average molecular weight is 266 g/mol. The summed E-state index contributed by atoms with van der Waals surface area (Å²) >= 11 is 0. The monoisotopic (exact) mass is 266 g/mol. The number of benzene rings is 1. The first kappa shape index (κ1) is 13.0. The standard InChI is InChI=1S/C13H6N4O3/c14-6-9-1-3-12(11(5-9)17(18)19)20-13-4-2-10(7-15)8-16-13/h1-5,8H. The fourth-order valence-electron chi connectivity index (χ4n) is 1.44. The van der Waals surface area contributed by atoms with Crippen molar-refractivity contribution < 1.29 is 9.66 Å². The molecule has 20 heavy (non-hydrogen) atoms. The van der Waals surface area contributed by atoms with E-state index < -0.39 is 4.92 Å². The van der Waals surface area contributed by atoms with Gasteiger partial charge >= 0.3 is 5.69 Å². The third-order valence-corrected chi connectivity index (χ3v) is 2.36. The minimum Gasteiger partial charge on any atom is -0.432 e. The van der Waals surface area contributed by atoms with E-state index in [0.29, 0.717) is 5.56 Å². The number of hydrogen-bond acceptors (Lipinski definition) is 6. The molecule has 0 saturated carbocycles. The van der Waals surface area contributed by atoms with Crippen molar-refractivity contribution >= 4 is 5.69 Å². The summed E-state index contributed by atoms with van der Waals surface area (Å²) in [6.07, 6.45) is 1.30. The molecule has 0 aliphatic carbocycles. The molecule has 0 atom stereocenters. The predicted octanol–water partition coefficient (Wildman–Crippen LogP) is 2.53. The van der Waals surface area contributed by atoms with Crippen LogP contribution in [0.15, 0.2) is 36.5 Å². The number of pyridine rings is 1. The highest BCUT2D eigenvalue weighted by Crippen LogP contribution is 2.31. The first-order valence-corrected chi connectivity index (χ1v) is 5.36. The van der Waals surface area contributed by atoms with Crippen LogP contribution in [0.4, 0.5) is 5.69 Å². The highest BCUT2D eigenvalue weighted by atomic mass is 16.6. The molecule has 7 nitrogen and oxygen atoms in total. The molecule has 1 heterocycles. The number of rotatable bonds is 3. The van der Waals surface area contributed by atoms with Gasteiger partial charge in [-0.25, -0.2) is 4.98 Å². The van der Waals surface area contributed by atoms with Crippen molar-refractivity contribution in [2.24, 2.45) is 0 Å². The second kappa shape index (κ2) is 5.46. The van der Waals surface area contributed by atoms with Crippen LogP contribution in [0.5, 0.6) is 11.6 Å². The Morgan fingerprint density at radius 2 is 1.85 bits per heavy atom. The number of ether oxygens (including phenoxy) is 1. The Hall–Kier alpha value is -3.45. The van der Waals surface area contributed by atoms with Crippen molar-refractivity contribution in [1.29, 1.82) is 10.5 Å². The van der Waals surface area contributed by atoms with E-state index in [1.165, 1.54) is 30.5 Å². The van der Waals surface area contributed by atoms with Gasteiger partial charge in [-0.1, -0.05) is 0 Å². The summed E-state index contributed by atoms with van der Waals surface area (Å²) < 4.78 is 5.30. The zero-order valence-electron chi connectivity index (χ0n) is 9.98. The number of nitro groups is 1. The molecule has 0 N–H and O–H groups in total. The molecular weight excluding hydrogens is 260 g/mol. The molecule has 0 aliphatic heterocycles. The highest BCUT2D eigenvalue weighted by molar-refractivity contribution is 5.52. The van der Waals surface area contributed by atoms with Crippen molar-refractivity contribution in [3.8, 4) is 23.8 Å². The topological polar surface area (TPSA) is 113 Å². The summed E-state index contributed by atoms with van der Waals surface area (Å²) in [5, 5.41) is 28.3. The van der Waals surface area contributed by atoms with Crippen LogP contribution in [0.2, 0.25) is 0 Å². The third-order valence-electron chi connectivity index (χ3n) is 2.36. The second-order valence-corrected chi connectivity index (χ2v) is 3.65. The average Bonchev–Trinajstić information content (AvgIpc) is 2.48. The lowest BCUT2D eigenvalue weighted by molar-refractivity contribution is -0.385. The van der Waals surface area contributed by atoms with Gasteiger partial charge in [0.2, 0.25) is 11.6 Å². The lowest BCUT2D eigenvalue weighted by atomic mass is 10.2. The molecule has 0 bridgehead atoms. The molecule has 0 saturated heterocycles. The molecule has 96 valence electrons. The normalized spacial score (nSPS) is 9.30. The summed E-state index contributed by atoms with van der Waals surface area (Å²) in [4.78, 5) is 14.1. The summed E-state index contributed by atoms with van der Waals surface area (Å²) in [7, 11) is 0. The first-order valence-electron chi connectivity index (χ1n) is 5.36. The Bertz CT molecular complexity index is 742. The zero-order valence-corrected chi connectivity index (χ0v) is 9.98. The Morgan fingerprint density at radius 3 is 2.40 bits per heavy atom. The fraction of sp³-hybridized carbons (Fsp3) is 0. The fourth-order valence-corrected chi connectivity index (χ4v) is 1.44. The summed E-state index contributed by atoms with van der Waals surface area (Å²) in [5.41, 5.74) is 0.193. The molecule has 0 unspecified atom stereocenters. The molecule has 2 rings (SSSR count). The number of aromatic nitrogens is 1.